The molecule has 0 fully saturated rings. The molecule has 6 nitrogen and oxygen atoms in total. The van der Waals surface area contributed by atoms with Crippen LogP contribution in [0.3, 0.4) is 0 Å². The number of hydrogen-bond acceptors (Lipinski definition) is 6. The summed E-state index contributed by atoms with van der Waals surface area (Å²) in [5.41, 5.74) is 0.247. The highest BCUT2D eigenvalue weighted by molar-refractivity contribution is 6.01. The number of esters is 2. The molecule has 0 saturated carbocycles. The van der Waals surface area contributed by atoms with Crippen LogP contribution in [-0.4, -0.2) is 22.8 Å². The van der Waals surface area contributed by atoms with E-state index in [1.165, 1.54) is 43.7 Å². The average Bonchev–Trinajstić information content (AvgIpc) is 2.99. The molecular formula is C26H26O6. The molecule has 32 heavy (non-hydrogen) atoms. The van der Waals surface area contributed by atoms with Gasteiger partial charge in [0.05, 0.1) is 5.56 Å². The van der Waals surface area contributed by atoms with Crippen molar-refractivity contribution in [2.75, 3.05) is 0 Å². The van der Waals surface area contributed by atoms with E-state index in [0.29, 0.717) is 6.42 Å². The van der Waals surface area contributed by atoms with E-state index in [-0.39, 0.29) is 39.7 Å². The molecule has 1 N–H and O–H groups in total. The number of para-hydroxylation sites is 2. The van der Waals surface area contributed by atoms with Gasteiger partial charge >= 0.3 is 11.9 Å². The topological polar surface area (TPSA) is 89.9 Å². The maximum Gasteiger partial charge on any atom is 0.347 e. The molecule has 2 aromatic carbocycles. The SMILES string of the molecule is CC(=O)c1ccccc1OC(=O)c1ccccc1OC(=O)C1=CC=CCC=C1O.CCC. The number of carbonyl (C=O) groups is 3. The second-order valence-corrected chi connectivity index (χ2v) is 6.87. The Balaban J connectivity index is 0.00000114. The first kappa shape index (κ1) is 24.3. The Morgan fingerprint density at radius 2 is 1.41 bits per heavy atom. The number of hydrogen-bond donors (Lipinski definition) is 1. The molecule has 0 spiro atoms. The maximum atomic E-state index is 12.7. The van der Waals surface area contributed by atoms with Crippen molar-refractivity contribution in [3.05, 3.63) is 95.3 Å². The van der Waals surface area contributed by atoms with Crippen molar-refractivity contribution in [2.24, 2.45) is 0 Å². The Kier molecular flexibility index (Phi) is 9.17. The van der Waals surface area contributed by atoms with Crippen molar-refractivity contribution in [2.45, 2.75) is 33.6 Å². The number of ketones is 1. The smallest absolute Gasteiger partial charge is 0.347 e. The molecule has 166 valence electrons. The number of ether oxygens (including phenoxy) is 2. The van der Waals surface area contributed by atoms with Crippen LogP contribution in [0.1, 0.15) is 54.3 Å². The van der Waals surface area contributed by atoms with Crippen LogP contribution in [0.4, 0.5) is 0 Å². The normalized spacial score (nSPS) is 12.3. The molecule has 0 aliphatic heterocycles. The van der Waals surface area contributed by atoms with Crippen molar-refractivity contribution >= 4 is 17.7 Å². The molecule has 6 heteroatoms. The van der Waals surface area contributed by atoms with Gasteiger partial charge in [0.25, 0.3) is 0 Å². The first-order valence-electron chi connectivity index (χ1n) is 10.3. The van der Waals surface area contributed by atoms with Crippen LogP contribution in [0.5, 0.6) is 11.5 Å². The highest BCUT2D eigenvalue weighted by Crippen LogP contribution is 2.25. The molecular weight excluding hydrogens is 408 g/mol. The van der Waals surface area contributed by atoms with E-state index in [2.05, 4.69) is 13.8 Å². The van der Waals surface area contributed by atoms with E-state index < -0.39 is 11.9 Å². The van der Waals surface area contributed by atoms with Crippen LogP contribution in [0.25, 0.3) is 0 Å². The Bertz CT molecular complexity index is 1080. The van der Waals surface area contributed by atoms with E-state index in [9.17, 15) is 19.5 Å². The Morgan fingerprint density at radius 1 is 0.875 bits per heavy atom. The van der Waals surface area contributed by atoms with Crippen LogP contribution >= 0.6 is 0 Å². The molecule has 0 amide bonds. The molecule has 0 saturated heterocycles. The van der Waals surface area contributed by atoms with Crippen LogP contribution in [0, 0.1) is 0 Å². The highest BCUT2D eigenvalue weighted by atomic mass is 16.6. The fourth-order valence-electron chi connectivity index (χ4n) is 2.67. The fourth-order valence-corrected chi connectivity index (χ4v) is 2.67. The van der Waals surface area contributed by atoms with Gasteiger partial charge in [-0.15, -0.1) is 0 Å². The number of aliphatic hydroxyl groups is 1. The maximum absolute atomic E-state index is 12.7. The Morgan fingerprint density at radius 3 is 2.03 bits per heavy atom. The third kappa shape index (κ3) is 6.54. The molecule has 0 unspecified atom stereocenters. The summed E-state index contributed by atoms with van der Waals surface area (Å²) < 4.78 is 10.7. The summed E-state index contributed by atoms with van der Waals surface area (Å²) >= 11 is 0. The summed E-state index contributed by atoms with van der Waals surface area (Å²) in [5.74, 6) is -1.95. The molecule has 0 radical (unpaired) electrons. The summed E-state index contributed by atoms with van der Waals surface area (Å²) in [7, 11) is 0. The lowest BCUT2D eigenvalue weighted by Gasteiger charge is -2.12. The quantitative estimate of drug-likeness (QED) is 0.366. The van der Waals surface area contributed by atoms with E-state index >= 15 is 0 Å². The van der Waals surface area contributed by atoms with Crippen molar-refractivity contribution in [3.63, 3.8) is 0 Å². The van der Waals surface area contributed by atoms with Gasteiger partial charge in [-0.1, -0.05) is 56.7 Å². The first-order valence-corrected chi connectivity index (χ1v) is 10.3. The third-order valence-electron chi connectivity index (χ3n) is 4.12. The van der Waals surface area contributed by atoms with Crippen LogP contribution in [0.15, 0.2) is 84.2 Å². The van der Waals surface area contributed by atoms with Gasteiger partial charge in [-0.3, -0.25) is 4.79 Å². The number of Topliss-reactive ketones (excluding diaryl/α,β-unsaturated/α-hetero) is 1. The number of allylic oxidation sites excluding steroid dienone is 4. The van der Waals surface area contributed by atoms with Crippen LogP contribution < -0.4 is 9.47 Å². The zero-order chi connectivity index (χ0) is 23.5. The number of carbonyl (C=O) groups excluding carboxylic acids is 3. The second-order valence-electron chi connectivity index (χ2n) is 6.87. The predicted octanol–water partition coefficient (Wildman–Crippen LogP) is 5.76. The average molecular weight is 434 g/mol. The lowest BCUT2D eigenvalue weighted by Crippen LogP contribution is -2.17. The summed E-state index contributed by atoms with van der Waals surface area (Å²) in [4.78, 5) is 36.9. The van der Waals surface area contributed by atoms with Gasteiger partial charge in [0.1, 0.15) is 28.4 Å². The number of benzene rings is 2. The number of aliphatic hydroxyl groups excluding tert-OH is 1. The molecule has 1 aliphatic rings. The summed E-state index contributed by atoms with van der Waals surface area (Å²) in [6.45, 7) is 5.62. The highest BCUT2D eigenvalue weighted by Gasteiger charge is 2.22. The predicted molar refractivity (Wildman–Crippen MR) is 122 cm³/mol. The summed E-state index contributed by atoms with van der Waals surface area (Å²) in [5, 5.41) is 9.98. The zero-order valence-corrected chi connectivity index (χ0v) is 18.3. The zero-order valence-electron chi connectivity index (χ0n) is 18.3. The molecule has 3 rings (SSSR count). The minimum Gasteiger partial charge on any atom is -0.507 e. The van der Waals surface area contributed by atoms with Crippen LogP contribution in [0.2, 0.25) is 0 Å². The second kappa shape index (κ2) is 12.1. The van der Waals surface area contributed by atoms with E-state index in [1.54, 1.807) is 42.5 Å². The summed E-state index contributed by atoms with van der Waals surface area (Å²) in [6, 6.07) is 12.4. The van der Waals surface area contributed by atoms with Crippen molar-refractivity contribution in [1.29, 1.82) is 0 Å². The first-order chi connectivity index (χ1) is 15.4. The molecule has 0 aromatic heterocycles. The fraction of sp³-hybridized carbons (Fsp3) is 0.192. The molecule has 0 atom stereocenters. The van der Waals surface area contributed by atoms with Gasteiger partial charge in [-0.25, -0.2) is 9.59 Å². The number of rotatable bonds is 5. The lowest BCUT2D eigenvalue weighted by molar-refractivity contribution is -0.130. The van der Waals surface area contributed by atoms with E-state index in [4.69, 9.17) is 9.47 Å². The molecule has 2 aromatic rings. The molecule has 0 heterocycles. The van der Waals surface area contributed by atoms with E-state index in [0.717, 1.165) is 0 Å². The van der Waals surface area contributed by atoms with E-state index in [1.807, 2.05) is 0 Å². The monoisotopic (exact) mass is 434 g/mol. The summed E-state index contributed by atoms with van der Waals surface area (Å²) in [6.07, 6.45) is 8.06. The van der Waals surface area contributed by atoms with Gasteiger partial charge in [0.2, 0.25) is 0 Å². The standard InChI is InChI=1S/C23H18O6.C3H8/c1-15(24)16-9-5-7-13-20(16)28-23(27)18-11-6-8-14-21(18)29-22(26)17-10-3-2-4-12-19(17)25;1-3-2/h2-3,5-14,25H,4H2,1H3;3H2,1-2H3. The van der Waals surface area contributed by atoms with Gasteiger partial charge in [0, 0.05) is 0 Å². The minimum absolute atomic E-state index is 0.00689. The molecule has 0 bridgehead atoms. The van der Waals surface area contributed by atoms with Gasteiger partial charge in [-0.2, -0.15) is 0 Å². The van der Waals surface area contributed by atoms with Crippen molar-refractivity contribution in [1.82, 2.24) is 0 Å². The van der Waals surface area contributed by atoms with Gasteiger partial charge < -0.3 is 14.6 Å². The molecule has 1 aliphatic carbocycles. The Hall–Kier alpha value is -3.93. The van der Waals surface area contributed by atoms with Crippen molar-refractivity contribution in [3.8, 4) is 11.5 Å². The van der Waals surface area contributed by atoms with Crippen LogP contribution in [-0.2, 0) is 4.79 Å². The minimum atomic E-state index is -0.810. The lowest BCUT2D eigenvalue weighted by atomic mass is 10.1. The largest absolute Gasteiger partial charge is 0.507 e. The van der Waals surface area contributed by atoms with Gasteiger partial charge in [0.15, 0.2) is 5.78 Å². The van der Waals surface area contributed by atoms with Crippen molar-refractivity contribution < 1.29 is 29.0 Å². The third-order valence-corrected chi connectivity index (χ3v) is 4.12. The van der Waals surface area contributed by atoms with Gasteiger partial charge in [-0.05, 0) is 49.8 Å². The Labute approximate surface area is 187 Å².